The lowest BCUT2D eigenvalue weighted by molar-refractivity contribution is 0.212. The van der Waals surface area contributed by atoms with E-state index in [0.29, 0.717) is 15.6 Å². The molecular weight excluding hydrogens is 270 g/mol. The van der Waals surface area contributed by atoms with Crippen LogP contribution in [0.3, 0.4) is 0 Å². The first-order valence-corrected chi connectivity index (χ1v) is 6.60. The number of phenolic OH excluding ortho intramolecular Hbond substituents is 1. The minimum Gasteiger partial charge on any atom is -0.508 e. The molecule has 0 aromatic heterocycles. The fraction of sp³-hybridized carbons (Fsp3) is 0.417. The number of benzene rings is 1. The Morgan fingerprint density at radius 3 is 2.72 bits per heavy atom. The largest absolute Gasteiger partial charge is 0.508 e. The second-order valence-corrected chi connectivity index (χ2v) is 5.20. The van der Waals surface area contributed by atoms with Gasteiger partial charge in [-0.2, -0.15) is 0 Å². The summed E-state index contributed by atoms with van der Waals surface area (Å²) in [5.74, 6) is 0.177. The van der Waals surface area contributed by atoms with Crippen LogP contribution in [0.2, 0.25) is 5.02 Å². The van der Waals surface area contributed by atoms with Gasteiger partial charge in [-0.15, -0.1) is 0 Å². The van der Waals surface area contributed by atoms with Crippen molar-refractivity contribution in [3.63, 3.8) is 0 Å². The highest BCUT2D eigenvalue weighted by Gasteiger charge is 2.26. The van der Waals surface area contributed by atoms with Crippen LogP contribution >= 0.6 is 23.8 Å². The van der Waals surface area contributed by atoms with Gasteiger partial charge < -0.3 is 16.2 Å². The van der Waals surface area contributed by atoms with Gasteiger partial charge in [0.2, 0.25) is 0 Å². The molecule has 0 spiro atoms. The van der Waals surface area contributed by atoms with Gasteiger partial charge in [-0.1, -0.05) is 23.8 Å². The van der Waals surface area contributed by atoms with E-state index >= 15 is 0 Å². The summed E-state index contributed by atoms with van der Waals surface area (Å²) in [6.45, 7) is 3.46. The molecule has 0 saturated carbocycles. The molecular formula is C12H16ClN3OS. The van der Waals surface area contributed by atoms with E-state index in [1.807, 2.05) is 0 Å². The Morgan fingerprint density at radius 2 is 2.11 bits per heavy atom. The van der Waals surface area contributed by atoms with Crippen molar-refractivity contribution in [2.75, 3.05) is 26.2 Å². The third-order valence-corrected chi connectivity index (χ3v) is 3.53. The maximum absolute atomic E-state index is 9.97. The molecule has 1 saturated heterocycles. The maximum atomic E-state index is 9.97. The van der Waals surface area contributed by atoms with Crippen molar-refractivity contribution in [3.05, 3.63) is 28.8 Å². The number of phenols is 1. The molecule has 1 unspecified atom stereocenters. The van der Waals surface area contributed by atoms with Crippen LogP contribution in [0.1, 0.15) is 11.6 Å². The molecule has 1 heterocycles. The molecule has 98 valence electrons. The Morgan fingerprint density at radius 1 is 1.44 bits per heavy atom. The van der Waals surface area contributed by atoms with Gasteiger partial charge in [0.05, 0.1) is 11.0 Å². The summed E-state index contributed by atoms with van der Waals surface area (Å²) in [4.78, 5) is 2.51. The quantitative estimate of drug-likeness (QED) is 0.731. The van der Waals surface area contributed by atoms with E-state index in [1.54, 1.807) is 18.2 Å². The predicted molar refractivity (Wildman–Crippen MR) is 77.1 cm³/mol. The lowest BCUT2D eigenvalue weighted by Crippen LogP contribution is -2.48. The zero-order valence-corrected chi connectivity index (χ0v) is 11.5. The molecule has 1 aromatic carbocycles. The number of hydrogen-bond donors (Lipinski definition) is 3. The number of thiocarbonyl (C=S) groups is 1. The molecule has 0 aliphatic carbocycles. The Labute approximate surface area is 117 Å². The number of rotatable bonds is 3. The SMILES string of the molecule is NC(=S)C(c1cc(Cl)ccc1O)N1CCNCC1. The van der Waals surface area contributed by atoms with E-state index in [-0.39, 0.29) is 11.8 Å². The van der Waals surface area contributed by atoms with Gasteiger partial charge in [0, 0.05) is 36.8 Å². The van der Waals surface area contributed by atoms with Crippen molar-refractivity contribution in [2.24, 2.45) is 5.73 Å². The van der Waals surface area contributed by atoms with Gasteiger partial charge >= 0.3 is 0 Å². The van der Waals surface area contributed by atoms with E-state index in [9.17, 15) is 5.11 Å². The van der Waals surface area contributed by atoms with Crippen LogP contribution in [0.5, 0.6) is 5.75 Å². The van der Waals surface area contributed by atoms with Crippen LogP contribution < -0.4 is 11.1 Å². The summed E-state index contributed by atoms with van der Waals surface area (Å²) in [6.07, 6.45) is 0. The second kappa shape index (κ2) is 5.84. The number of nitrogens with two attached hydrogens (primary N) is 1. The van der Waals surface area contributed by atoms with Crippen molar-refractivity contribution in [1.82, 2.24) is 10.2 Å². The Balaban J connectivity index is 2.34. The number of nitrogens with zero attached hydrogens (tertiary/aromatic N) is 1. The van der Waals surface area contributed by atoms with Gasteiger partial charge in [-0.3, -0.25) is 4.90 Å². The highest BCUT2D eigenvalue weighted by atomic mass is 35.5. The molecule has 1 aromatic rings. The Kier molecular flexibility index (Phi) is 4.40. The van der Waals surface area contributed by atoms with E-state index in [4.69, 9.17) is 29.6 Å². The van der Waals surface area contributed by atoms with Gasteiger partial charge in [0.25, 0.3) is 0 Å². The van der Waals surface area contributed by atoms with Gasteiger partial charge in [0.15, 0.2) is 0 Å². The number of aromatic hydroxyl groups is 1. The van der Waals surface area contributed by atoms with Crippen molar-refractivity contribution in [3.8, 4) is 5.75 Å². The van der Waals surface area contributed by atoms with E-state index < -0.39 is 0 Å². The van der Waals surface area contributed by atoms with Gasteiger partial charge in [-0.25, -0.2) is 0 Å². The van der Waals surface area contributed by atoms with Crippen molar-refractivity contribution < 1.29 is 5.11 Å². The number of nitrogens with one attached hydrogen (secondary N) is 1. The average Bonchev–Trinajstić information content (AvgIpc) is 2.35. The molecule has 2 rings (SSSR count). The summed E-state index contributed by atoms with van der Waals surface area (Å²) in [7, 11) is 0. The molecule has 0 bridgehead atoms. The fourth-order valence-electron chi connectivity index (χ4n) is 2.21. The Bertz CT molecular complexity index is 449. The second-order valence-electron chi connectivity index (χ2n) is 4.29. The molecule has 0 radical (unpaired) electrons. The molecule has 1 fully saturated rings. The van der Waals surface area contributed by atoms with Gasteiger partial charge in [0.1, 0.15) is 5.75 Å². The lowest BCUT2D eigenvalue weighted by atomic mass is 10.0. The summed E-state index contributed by atoms with van der Waals surface area (Å²) < 4.78 is 0. The van der Waals surface area contributed by atoms with Crippen LogP contribution in [0, 0.1) is 0 Å². The molecule has 0 amide bonds. The van der Waals surface area contributed by atoms with Crippen LogP contribution in [0.15, 0.2) is 18.2 Å². The summed E-state index contributed by atoms with van der Waals surface area (Å²) in [5, 5.41) is 13.8. The zero-order valence-electron chi connectivity index (χ0n) is 9.90. The van der Waals surface area contributed by atoms with Crippen LogP contribution in [-0.2, 0) is 0 Å². The normalized spacial score (nSPS) is 18.5. The molecule has 1 aliphatic heterocycles. The lowest BCUT2D eigenvalue weighted by Gasteiger charge is -2.34. The highest BCUT2D eigenvalue weighted by Crippen LogP contribution is 2.31. The van der Waals surface area contributed by atoms with E-state index in [1.165, 1.54) is 0 Å². The fourth-order valence-corrected chi connectivity index (χ4v) is 2.67. The highest BCUT2D eigenvalue weighted by molar-refractivity contribution is 7.80. The first kappa shape index (κ1) is 13.5. The molecule has 1 aliphatic rings. The predicted octanol–water partition coefficient (Wildman–Crippen LogP) is 1.28. The summed E-state index contributed by atoms with van der Waals surface area (Å²) in [6, 6.07) is 4.68. The average molecular weight is 286 g/mol. The topological polar surface area (TPSA) is 61.5 Å². The number of hydrogen-bond acceptors (Lipinski definition) is 4. The van der Waals surface area contributed by atoms with E-state index in [0.717, 1.165) is 26.2 Å². The third kappa shape index (κ3) is 2.92. The first-order valence-electron chi connectivity index (χ1n) is 5.82. The number of piperazine rings is 1. The smallest absolute Gasteiger partial charge is 0.120 e. The standard InChI is InChI=1S/C12H16ClN3OS/c13-8-1-2-10(17)9(7-8)11(12(14)18)16-5-3-15-4-6-16/h1-2,7,11,15,17H,3-6H2,(H2,14,18). The van der Waals surface area contributed by atoms with Crippen LogP contribution in [0.4, 0.5) is 0 Å². The molecule has 1 atom stereocenters. The Hall–Kier alpha value is -0.880. The number of halogens is 1. The third-order valence-electron chi connectivity index (χ3n) is 3.07. The molecule has 6 heteroatoms. The molecule has 4 N–H and O–H groups in total. The summed E-state index contributed by atoms with van der Waals surface area (Å²) in [5.41, 5.74) is 6.51. The van der Waals surface area contributed by atoms with Crippen LogP contribution in [0.25, 0.3) is 0 Å². The maximum Gasteiger partial charge on any atom is 0.120 e. The van der Waals surface area contributed by atoms with Gasteiger partial charge in [-0.05, 0) is 18.2 Å². The van der Waals surface area contributed by atoms with Crippen molar-refractivity contribution in [1.29, 1.82) is 0 Å². The van der Waals surface area contributed by atoms with Crippen molar-refractivity contribution >= 4 is 28.8 Å². The van der Waals surface area contributed by atoms with E-state index in [2.05, 4.69) is 10.2 Å². The first-order chi connectivity index (χ1) is 8.59. The van der Waals surface area contributed by atoms with Crippen LogP contribution in [-0.4, -0.2) is 41.2 Å². The summed E-state index contributed by atoms with van der Waals surface area (Å²) >= 11 is 11.1. The molecule has 4 nitrogen and oxygen atoms in total. The zero-order chi connectivity index (χ0) is 13.1. The minimum absolute atomic E-state index is 0.177. The van der Waals surface area contributed by atoms with Crippen molar-refractivity contribution in [2.45, 2.75) is 6.04 Å². The minimum atomic E-state index is -0.263. The monoisotopic (exact) mass is 285 g/mol. The molecule has 18 heavy (non-hydrogen) atoms.